The summed E-state index contributed by atoms with van der Waals surface area (Å²) in [5.74, 6) is -1.92. The van der Waals surface area contributed by atoms with Crippen molar-refractivity contribution in [3.8, 4) is 44.5 Å². The predicted octanol–water partition coefficient (Wildman–Crippen LogP) is 19.5. The van der Waals surface area contributed by atoms with Crippen molar-refractivity contribution in [1.29, 1.82) is 0 Å². The summed E-state index contributed by atoms with van der Waals surface area (Å²) in [6.45, 7) is 27.6. The van der Waals surface area contributed by atoms with Crippen molar-refractivity contribution < 1.29 is 15.6 Å². The van der Waals surface area contributed by atoms with Crippen LogP contribution in [0.5, 0.6) is 0 Å². The molecule has 0 spiro atoms. The molecule has 0 heterocycles. The van der Waals surface area contributed by atoms with E-state index in [2.05, 4.69) is 192 Å². The molecule has 0 aliphatic heterocycles. The Kier molecular flexibility index (Phi) is 14.4. The first-order valence-electron chi connectivity index (χ1n) is 25.1. The van der Waals surface area contributed by atoms with Gasteiger partial charge < -0.3 is 0 Å². The summed E-state index contributed by atoms with van der Waals surface area (Å²) >= 11 is -5.41. The molecular weight excluding hydrogens is 935 g/mol. The fourth-order valence-electron chi connectivity index (χ4n) is 12.3. The average molecular weight is 1010 g/mol. The topological polar surface area (TPSA) is 0 Å². The second kappa shape index (κ2) is 19.5. The van der Waals surface area contributed by atoms with Gasteiger partial charge in [0.25, 0.3) is 0 Å². The number of rotatable bonds is 15. The summed E-state index contributed by atoms with van der Waals surface area (Å²) < 4.78 is -0.0603. The van der Waals surface area contributed by atoms with Crippen molar-refractivity contribution in [2.24, 2.45) is 0 Å². The van der Waals surface area contributed by atoms with Gasteiger partial charge >= 0.3 is 411 Å². The Morgan fingerprint density at radius 3 is 0.955 bits per heavy atom. The molecule has 8 rings (SSSR count). The van der Waals surface area contributed by atoms with Crippen molar-refractivity contribution >= 4 is 35.1 Å². The zero-order valence-electron chi connectivity index (χ0n) is 42.0. The molecule has 0 aromatic heterocycles. The molecule has 0 N–H and O–H groups in total. The monoisotopic (exact) mass is 1010 g/mol. The van der Waals surface area contributed by atoms with Gasteiger partial charge in [-0.1, -0.05) is 0 Å². The molecule has 0 nitrogen and oxygen atoms in total. The number of hydrogen-bond acceptors (Lipinski definition) is 0. The van der Waals surface area contributed by atoms with Crippen LogP contribution in [0.2, 0.25) is 13.1 Å². The summed E-state index contributed by atoms with van der Waals surface area (Å²) in [4.78, 5) is 0. The third-order valence-corrected chi connectivity index (χ3v) is 66.8. The number of allylic oxidation sites excluding steroid dienone is 2. The molecule has 0 fully saturated rings. The molecule has 0 amide bonds. The first kappa shape index (κ1) is 48.9. The summed E-state index contributed by atoms with van der Waals surface area (Å²) in [5, 5.41) is 0. The van der Waals surface area contributed by atoms with E-state index in [9.17, 15) is 17.0 Å². The van der Waals surface area contributed by atoms with Crippen molar-refractivity contribution in [3.63, 3.8) is 0 Å². The van der Waals surface area contributed by atoms with Crippen LogP contribution in [-0.4, -0.2) is 5.92 Å². The van der Waals surface area contributed by atoms with E-state index in [1.54, 1.807) is 0 Å². The van der Waals surface area contributed by atoms with E-state index < -0.39 is 21.5 Å². The molecule has 0 radical (unpaired) electrons. The third kappa shape index (κ3) is 9.20. The fourth-order valence-corrected chi connectivity index (χ4v) is 43.6. The molecule has 2 unspecified atom stereocenters. The van der Waals surface area contributed by atoms with E-state index >= 15 is 0 Å². The molecule has 343 valence electrons. The van der Waals surface area contributed by atoms with E-state index in [-0.39, 0.29) is 7.25 Å². The minimum atomic E-state index is -5.41. The normalized spacial score (nSPS) is 16.3. The van der Waals surface area contributed by atoms with Crippen LogP contribution in [0.4, 0.5) is 0 Å². The molecule has 0 saturated heterocycles. The molecule has 2 aliphatic carbocycles. The molecule has 4 heteroatoms. The summed E-state index contributed by atoms with van der Waals surface area (Å²) in [7, 11) is 19.0. The minimum absolute atomic E-state index is 0.0301. The van der Waals surface area contributed by atoms with Crippen LogP contribution < -0.4 is 0 Å². The Morgan fingerprint density at radius 2 is 0.682 bits per heavy atom. The maximum absolute atomic E-state index is 9.51. The standard InChI is InChI=1S/2C30H33.C2H7Si.2ClH.Zr/c2*1-6-7-8-9-24-18-29-27(25-14-20(2)12-21(3)15-25)10-11-28(30(29)19-24)26-16-22(4)13-23(5)17-26;1-3-2;;;/h2*10-19H,6-9H2,1-5H3;3H,1-2H3;2*1H;/q;;;;;+2/p-2. The number of aryl methyl sites for hydroxylation is 8. The summed E-state index contributed by atoms with van der Waals surface area (Å²) in [5.41, 5.74) is 29.1. The first-order valence-corrected chi connectivity index (χ1v) is 41.4. The number of unbranched alkanes of at least 4 members (excludes halogenated alkanes) is 4. The van der Waals surface area contributed by atoms with Crippen LogP contribution in [-0.2, 0) is 15.6 Å². The van der Waals surface area contributed by atoms with Crippen molar-refractivity contribution in [2.75, 3.05) is 0 Å². The van der Waals surface area contributed by atoms with E-state index in [0.29, 0.717) is 0 Å². The zero-order chi connectivity index (χ0) is 47.3. The second-order valence-electron chi connectivity index (χ2n) is 21.1. The Labute approximate surface area is 407 Å². The molecule has 6 aromatic carbocycles. The van der Waals surface area contributed by atoms with E-state index in [4.69, 9.17) is 0 Å². The van der Waals surface area contributed by atoms with Gasteiger partial charge in [0.15, 0.2) is 0 Å². The van der Waals surface area contributed by atoms with Crippen LogP contribution in [0.15, 0.2) is 108 Å². The maximum atomic E-state index is 9.51. The summed E-state index contributed by atoms with van der Waals surface area (Å²) in [6.07, 6.45) is 14.2. The van der Waals surface area contributed by atoms with Crippen LogP contribution >= 0.6 is 17.0 Å². The van der Waals surface area contributed by atoms with E-state index in [1.165, 1.54) is 148 Å². The molecule has 66 heavy (non-hydrogen) atoms. The van der Waals surface area contributed by atoms with Crippen LogP contribution in [0, 0.1) is 55.4 Å². The Morgan fingerprint density at radius 1 is 0.409 bits per heavy atom. The zero-order valence-corrected chi connectivity index (χ0v) is 47.2. The SMILES string of the molecule is CCCCCC1=Cc2c(-c3cc(C)cc(C)c3)ccc(-c3cc(C)cc(C)c3)c2[CH]1[Zr]([Cl])([Cl])([CH]1C(CCCCC)=Cc2c(-c3cc(C)cc(C)c3)ccc(-c3cc(C)cc(C)c3)c21)[SiH](C)C. The molecule has 6 aromatic rings. The quantitative estimate of drug-likeness (QED) is 0.0710. The Balaban J connectivity index is 1.51. The second-order valence-corrected chi connectivity index (χ2v) is 63.6. The number of fused-ring (bicyclic) bond motifs is 2. The van der Waals surface area contributed by atoms with Crippen LogP contribution in [0.1, 0.15) is 139 Å². The predicted molar refractivity (Wildman–Crippen MR) is 293 cm³/mol. The third-order valence-electron chi connectivity index (χ3n) is 15.0. The summed E-state index contributed by atoms with van der Waals surface area (Å²) in [6, 6.07) is 38.1. The molecule has 2 aliphatic rings. The van der Waals surface area contributed by atoms with Crippen LogP contribution in [0.3, 0.4) is 0 Å². The fraction of sp³-hybridized carbons (Fsp3) is 0.355. The van der Waals surface area contributed by atoms with Gasteiger partial charge in [-0.15, -0.1) is 0 Å². The van der Waals surface area contributed by atoms with Crippen molar-refractivity contribution in [1.82, 2.24) is 0 Å². The van der Waals surface area contributed by atoms with Crippen LogP contribution in [0.25, 0.3) is 56.7 Å². The van der Waals surface area contributed by atoms with Gasteiger partial charge in [-0.05, 0) is 0 Å². The van der Waals surface area contributed by atoms with Crippen molar-refractivity contribution in [2.45, 2.75) is 141 Å². The van der Waals surface area contributed by atoms with Crippen molar-refractivity contribution in [3.05, 3.63) is 175 Å². The number of hydrogen-bond donors (Lipinski definition) is 0. The van der Waals surface area contributed by atoms with Gasteiger partial charge in [0.05, 0.1) is 0 Å². The van der Waals surface area contributed by atoms with Gasteiger partial charge in [0, 0.05) is 0 Å². The number of halogens is 2. The first-order chi connectivity index (χ1) is 31.4. The Bertz CT molecular complexity index is 2640. The van der Waals surface area contributed by atoms with E-state index in [1.807, 2.05) is 0 Å². The van der Waals surface area contributed by atoms with E-state index in [0.717, 1.165) is 25.7 Å². The van der Waals surface area contributed by atoms with Gasteiger partial charge in [0.1, 0.15) is 0 Å². The average Bonchev–Trinajstić information content (AvgIpc) is 3.82. The van der Waals surface area contributed by atoms with Gasteiger partial charge in [-0.3, -0.25) is 0 Å². The molecule has 2 atom stereocenters. The Hall–Kier alpha value is -3.52. The van der Waals surface area contributed by atoms with Gasteiger partial charge in [-0.25, -0.2) is 0 Å². The molecule has 0 saturated carbocycles. The van der Waals surface area contributed by atoms with Gasteiger partial charge in [-0.2, -0.15) is 0 Å². The number of benzene rings is 6. The molecular formula is C62H73Cl2SiZr. The molecule has 0 bridgehead atoms. The van der Waals surface area contributed by atoms with Gasteiger partial charge in [0.2, 0.25) is 0 Å².